The summed E-state index contributed by atoms with van der Waals surface area (Å²) in [5, 5.41) is 17.8. The molecule has 1 aliphatic carbocycles. The van der Waals surface area contributed by atoms with Gasteiger partial charge in [-0.2, -0.15) is 10.5 Å². The Kier molecular flexibility index (Phi) is 4.91. The first-order valence-electron chi connectivity index (χ1n) is 5.86. The second kappa shape index (κ2) is 6.25. The molecule has 1 aliphatic rings. The van der Waals surface area contributed by atoms with Crippen LogP contribution in [-0.2, 0) is 0 Å². The van der Waals surface area contributed by atoms with Gasteiger partial charge in [-0.3, -0.25) is 0 Å². The molecule has 1 atom stereocenters. The molecule has 0 N–H and O–H groups in total. The van der Waals surface area contributed by atoms with Gasteiger partial charge in [0.05, 0.1) is 0 Å². The minimum atomic E-state index is 0.385. The SMILES string of the molecule is CCCCC1CCCCC1=C(C#N)C#N. The van der Waals surface area contributed by atoms with E-state index in [2.05, 4.69) is 6.92 Å². The van der Waals surface area contributed by atoms with Crippen molar-refractivity contribution in [2.45, 2.75) is 51.9 Å². The maximum Gasteiger partial charge on any atom is 0.129 e. The van der Waals surface area contributed by atoms with Gasteiger partial charge in [0.1, 0.15) is 17.7 Å². The summed E-state index contributed by atoms with van der Waals surface area (Å²) in [5.74, 6) is 0.507. The summed E-state index contributed by atoms with van der Waals surface area (Å²) in [7, 11) is 0. The van der Waals surface area contributed by atoms with Gasteiger partial charge in [-0.25, -0.2) is 0 Å². The first kappa shape index (κ1) is 11.8. The lowest BCUT2D eigenvalue weighted by molar-refractivity contribution is 0.415. The standard InChI is InChI=1S/C13H18N2/c1-2-3-6-11-7-4-5-8-13(11)12(9-14)10-15/h11H,2-8H2,1H3. The number of rotatable bonds is 3. The average Bonchev–Trinajstić information content (AvgIpc) is 2.29. The van der Waals surface area contributed by atoms with E-state index in [-0.39, 0.29) is 0 Å². The highest BCUT2D eigenvalue weighted by Gasteiger charge is 2.21. The van der Waals surface area contributed by atoms with Crippen molar-refractivity contribution < 1.29 is 0 Å². The van der Waals surface area contributed by atoms with Crippen molar-refractivity contribution in [1.29, 1.82) is 10.5 Å². The molecule has 2 nitrogen and oxygen atoms in total. The number of hydrogen-bond acceptors (Lipinski definition) is 2. The third kappa shape index (κ3) is 3.10. The van der Waals surface area contributed by atoms with E-state index in [0.29, 0.717) is 11.5 Å². The molecule has 1 saturated carbocycles. The minimum absolute atomic E-state index is 0.385. The molecule has 0 saturated heterocycles. The largest absolute Gasteiger partial charge is 0.192 e. The molecular weight excluding hydrogens is 184 g/mol. The van der Waals surface area contributed by atoms with Crippen LogP contribution in [0.5, 0.6) is 0 Å². The van der Waals surface area contributed by atoms with E-state index >= 15 is 0 Å². The fourth-order valence-electron chi connectivity index (χ4n) is 2.35. The maximum atomic E-state index is 8.89. The summed E-state index contributed by atoms with van der Waals surface area (Å²) in [6.45, 7) is 2.18. The van der Waals surface area contributed by atoms with Crippen molar-refractivity contribution in [1.82, 2.24) is 0 Å². The van der Waals surface area contributed by atoms with Gasteiger partial charge >= 0.3 is 0 Å². The highest BCUT2D eigenvalue weighted by atomic mass is 14.3. The minimum Gasteiger partial charge on any atom is -0.192 e. The molecule has 0 radical (unpaired) electrons. The summed E-state index contributed by atoms with van der Waals surface area (Å²) in [6, 6.07) is 4.09. The Hall–Kier alpha value is -1.28. The van der Waals surface area contributed by atoms with Crippen LogP contribution in [0, 0.1) is 28.6 Å². The summed E-state index contributed by atoms with van der Waals surface area (Å²) in [6.07, 6.45) is 8.08. The van der Waals surface area contributed by atoms with E-state index < -0.39 is 0 Å². The van der Waals surface area contributed by atoms with E-state index in [0.717, 1.165) is 24.8 Å². The van der Waals surface area contributed by atoms with Crippen LogP contribution in [-0.4, -0.2) is 0 Å². The topological polar surface area (TPSA) is 47.6 Å². The van der Waals surface area contributed by atoms with Crippen LogP contribution < -0.4 is 0 Å². The smallest absolute Gasteiger partial charge is 0.129 e. The summed E-state index contributed by atoms with van der Waals surface area (Å²) in [5.41, 5.74) is 1.52. The van der Waals surface area contributed by atoms with Crippen molar-refractivity contribution in [3.63, 3.8) is 0 Å². The number of nitrogens with zero attached hydrogens (tertiary/aromatic N) is 2. The molecule has 0 spiro atoms. The lowest BCUT2D eigenvalue weighted by Crippen LogP contribution is -2.12. The van der Waals surface area contributed by atoms with Crippen LogP contribution in [0.2, 0.25) is 0 Å². The highest BCUT2D eigenvalue weighted by Crippen LogP contribution is 2.34. The van der Waals surface area contributed by atoms with Gasteiger partial charge in [-0.05, 0) is 37.2 Å². The normalized spacial score (nSPS) is 20.5. The number of hydrogen-bond donors (Lipinski definition) is 0. The fraction of sp³-hybridized carbons (Fsp3) is 0.692. The molecule has 15 heavy (non-hydrogen) atoms. The molecule has 0 aliphatic heterocycles. The van der Waals surface area contributed by atoms with E-state index in [1.807, 2.05) is 12.1 Å². The van der Waals surface area contributed by atoms with Crippen LogP contribution in [0.1, 0.15) is 51.9 Å². The summed E-state index contributed by atoms with van der Waals surface area (Å²) >= 11 is 0. The number of nitriles is 2. The van der Waals surface area contributed by atoms with Crippen LogP contribution in [0.25, 0.3) is 0 Å². The molecule has 2 heteroatoms. The van der Waals surface area contributed by atoms with Gasteiger partial charge in [-0.15, -0.1) is 0 Å². The van der Waals surface area contributed by atoms with E-state index in [1.165, 1.54) is 25.7 Å². The molecule has 1 unspecified atom stereocenters. The Balaban J connectivity index is 2.79. The molecular formula is C13H18N2. The Morgan fingerprint density at radius 1 is 1.33 bits per heavy atom. The maximum absolute atomic E-state index is 8.89. The molecule has 0 heterocycles. The zero-order valence-corrected chi connectivity index (χ0v) is 9.42. The molecule has 0 aromatic carbocycles. The lowest BCUT2D eigenvalue weighted by Gasteiger charge is -2.25. The van der Waals surface area contributed by atoms with Crippen molar-refractivity contribution >= 4 is 0 Å². The van der Waals surface area contributed by atoms with E-state index in [4.69, 9.17) is 10.5 Å². The van der Waals surface area contributed by atoms with Gasteiger partial charge in [0.2, 0.25) is 0 Å². The zero-order valence-electron chi connectivity index (χ0n) is 9.42. The lowest BCUT2D eigenvalue weighted by atomic mass is 9.79. The Bertz CT molecular complexity index is 298. The second-order valence-corrected chi connectivity index (χ2v) is 4.21. The summed E-state index contributed by atoms with van der Waals surface area (Å²) < 4.78 is 0. The van der Waals surface area contributed by atoms with Crippen LogP contribution in [0.4, 0.5) is 0 Å². The Labute approximate surface area is 92.2 Å². The van der Waals surface area contributed by atoms with Crippen LogP contribution in [0.15, 0.2) is 11.1 Å². The molecule has 80 valence electrons. The van der Waals surface area contributed by atoms with Crippen molar-refractivity contribution in [3.05, 3.63) is 11.1 Å². The van der Waals surface area contributed by atoms with E-state index in [1.54, 1.807) is 0 Å². The van der Waals surface area contributed by atoms with Gasteiger partial charge in [0.15, 0.2) is 0 Å². The predicted molar refractivity (Wildman–Crippen MR) is 59.7 cm³/mol. The average molecular weight is 202 g/mol. The van der Waals surface area contributed by atoms with Crippen molar-refractivity contribution in [2.75, 3.05) is 0 Å². The molecule has 0 aromatic heterocycles. The molecule has 0 amide bonds. The van der Waals surface area contributed by atoms with E-state index in [9.17, 15) is 0 Å². The monoisotopic (exact) mass is 202 g/mol. The Morgan fingerprint density at radius 2 is 2.07 bits per heavy atom. The molecule has 0 bridgehead atoms. The fourth-order valence-corrected chi connectivity index (χ4v) is 2.35. The first-order valence-corrected chi connectivity index (χ1v) is 5.86. The molecule has 0 aromatic rings. The van der Waals surface area contributed by atoms with Gasteiger partial charge < -0.3 is 0 Å². The van der Waals surface area contributed by atoms with Crippen LogP contribution >= 0.6 is 0 Å². The van der Waals surface area contributed by atoms with Gasteiger partial charge in [0.25, 0.3) is 0 Å². The second-order valence-electron chi connectivity index (χ2n) is 4.21. The molecule has 1 rings (SSSR count). The summed E-state index contributed by atoms with van der Waals surface area (Å²) in [4.78, 5) is 0. The van der Waals surface area contributed by atoms with Crippen molar-refractivity contribution in [2.24, 2.45) is 5.92 Å². The Morgan fingerprint density at radius 3 is 2.67 bits per heavy atom. The first-order chi connectivity index (χ1) is 7.33. The van der Waals surface area contributed by atoms with Crippen molar-refractivity contribution in [3.8, 4) is 12.1 Å². The predicted octanol–water partition coefficient (Wildman–Crippen LogP) is 3.71. The third-order valence-electron chi connectivity index (χ3n) is 3.19. The number of allylic oxidation sites excluding steroid dienone is 2. The number of unbranched alkanes of at least 4 members (excludes halogenated alkanes) is 1. The third-order valence-corrected chi connectivity index (χ3v) is 3.19. The van der Waals surface area contributed by atoms with Crippen LogP contribution in [0.3, 0.4) is 0 Å². The van der Waals surface area contributed by atoms with Gasteiger partial charge in [-0.1, -0.05) is 26.2 Å². The quantitative estimate of drug-likeness (QED) is 0.655. The van der Waals surface area contributed by atoms with Gasteiger partial charge in [0, 0.05) is 0 Å². The highest BCUT2D eigenvalue weighted by molar-refractivity contribution is 5.41. The molecule has 1 fully saturated rings. The zero-order chi connectivity index (χ0) is 11.1.